The first-order valence-electron chi connectivity index (χ1n) is 10.6. The summed E-state index contributed by atoms with van der Waals surface area (Å²) in [6.07, 6.45) is 2.16. The topological polar surface area (TPSA) is 101 Å². The number of hydrogen-bond donors (Lipinski definition) is 1. The number of nitrogens with zero attached hydrogens (tertiary/aromatic N) is 1. The molecule has 0 saturated carbocycles. The van der Waals surface area contributed by atoms with Gasteiger partial charge < -0.3 is 5.32 Å². The lowest BCUT2D eigenvalue weighted by Crippen LogP contribution is -2.42. The first kappa shape index (κ1) is 24.4. The molecule has 1 heterocycles. The van der Waals surface area contributed by atoms with Crippen LogP contribution in [0.15, 0.2) is 58.3 Å². The van der Waals surface area contributed by atoms with Crippen LogP contribution in [-0.2, 0) is 19.9 Å². The molecule has 1 saturated heterocycles. The van der Waals surface area contributed by atoms with E-state index in [2.05, 4.69) is 19.2 Å². The van der Waals surface area contributed by atoms with Crippen molar-refractivity contribution in [3.05, 3.63) is 59.7 Å². The van der Waals surface area contributed by atoms with Crippen LogP contribution in [0.25, 0.3) is 0 Å². The molecule has 9 heteroatoms. The number of carbonyl (C=O) groups excluding carboxylic acids is 1. The van der Waals surface area contributed by atoms with Crippen molar-refractivity contribution in [1.29, 1.82) is 0 Å². The van der Waals surface area contributed by atoms with Gasteiger partial charge in [0, 0.05) is 24.9 Å². The SMILES string of the molecule is CC1CC(C)CN(S(=O)(=O)c2ccc(C(=O)NC(C)c3ccc(S(C)(=O)=O)cc3)cc2)C1. The summed E-state index contributed by atoms with van der Waals surface area (Å²) >= 11 is 0. The largest absolute Gasteiger partial charge is 0.346 e. The first-order valence-corrected chi connectivity index (χ1v) is 13.9. The molecule has 1 aliphatic rings. The van der Waals surface area contributed by atoms with Crippen LogP contribution in [-0.4, -0.2) is 46.4 Å². The van der Waals surface area contributed by atoms with Gasteiger partial charge in [0.15, 0.2) is 9.84 Å². The maximum atomic E-state index is 13.0. The average Bonchev–Trinajstić information content (AvgIpc) is 2.72. The fourth-order valence-corrected chi connectivity index (χ4v) is 6.41. The van der Waals surface area contributed by atoms with Crippen molar-refractivity contribution in [3.8, 4) is 0 Å². The summed E-state index contributed by atoms with van der Waals surface area (Å²) in [6.45, 7) is 6.92. The summed E-state index contributed by atoms with van der Waals surface area (Å²) in [5.74, 6) is 0.284. The van der Waals surface area contributed by atoms with Crippen LogP contribution in [0.4, 0.5) is 0 Å². The third-order valence-corrected chi connectivity index (χ3v) is 8.72. The summed E-state index contributed by atoms with van der Waals surface area (Å²) in [6, 6.07) is 12.0. The molecule has 174 valence electrons. The summed E-state index contributed by atoms with van der Waals surface area (Å²) in [5.41, 5.74) is 1.11. The molecule has 0 radical (unpaired) electrons. The summed E-state index contributed by atoms with van der Waals surface area (Å²) in [7, 11) is -6.88. The highest BCUT2D eigenvalue weighted by atomic mass is 32.2. The third kappa shape index (κ3) is 5.57. The van der Waals surface area contributed by atoms with Gasteiger partial charge in [-0.3, -0.25) is 4.79 Å². The minimum atomic E-state index is -3.60. The van der Waals surface area contributed by atoms with E-state index in [4.69, 9.17) is 0 Å². The van der Waals surface area contributed by atoms with E-state index >= 15 is 0 Å². The van der Waals surface area contributed by atoms with Crippen molar-refractivity contribution < 1.29 is 21.6 Å². The minimum absolute atomic E-state index is 0.180. The molecule has 1 N–H and O–H groups in total. The Morgan fingerprint density at radius 3 is 1.91 bits per heavy atom. The molecule has 7 nitrogen and oxygen atoms in total. The van der Waals surface area contributed by atoms with E-state index in [0.29, 0.717) is 30.5 Å². The maximum absolute atomic E-state index is 13.0. The Morgan fingerprint density at radius 1 is 0.906 bits per heavy atom. The highest BCUT2D eigenvalue weighted by molar-refractivity contribution is 7.90. The second kappa shape index (κ2) is 9.33. The second-order valence-corrected chi connectivity index (χ2v) is 12.8. The summed E-state index contributed by atoms with van der Waals surface area (Å²) < 4.78 is 50.7. The Bertz CT molecular complexity index is 1160. The number of nitrogens with one attached hydrogen (secondary N) is 1. The van der Waals surface area contributed by atoms with E-state index in [1.54, 1.807) is 19.1 Å². The molecule has 3 atom stereocenters. The van der Waals surface area contributed by atoms with Crippen molar-refractivity contribution in [2.75, 3.05) is 19.3 Å². The molecule has 3 rings (SSSR count). The normalized spacial score (nSPS) is 21.1. The zero-order chi connectivity index (χ0) is 23.7. The Labute approximate surface area is 190 Å². The van der Waals surface area contributed by atoms with E-state index in [1.165, 1.54) is 40.7 Å². The van der Waals surface area contributed by atoms with Crippen LogP contribution in [0.5, 0.6) is 0 Å². The fraction of sp³-hybridized carbons (Fsp3) is 0.435. The van der Waals surface area contributed by atoms with Crippen LogP contribution in [0.1, 0.15) is 49.2 Å². The Kier molecular flexibility index (Phi) is 7.12. The van der Waals surface area contributed by atoms with Gasteiger partial charge in [-0.25, -0.2) is 16.8 Å². The van der Waals surface area contributed by atoms with Crippen LogP contribution in [0.3, 0.4) is 0 Å². The number of hydrogen-bond acceptors (Lipinski definition) is 5. The first-order chi connectivity index (χ1) is 14.9. The molecule has 1 fully saturated rings. The van der Waals surface area contributed by atoms with Gasteiger partial charge in [0.25, 0.3) is 5.91 Å². The maximum Gasteiger partial charge on any atom is 0.251 e. The number of sulfonamides is 1. The number of amides is 1. The van der Waals surface area contributed by atoms with Crippen molar-refractivity contribution in [2.45, 2.75) is 43.0 Å². The smallest absolute Gasteiger partial charge is 0.251 e. The van der Waals surface area contributed by atoms with Gasteiger partial charge in [-0.2, -0.15) is 4.31 Å². The lowest BCUT2D eigenvalue weighted by molar-refractivity contribution is 0.0939. The minimum Gasteiger partial charge on any atom is -0.346 e. The molecule has 0 aromatic heterocycles. The average molecular weight is 479 g/mol. The van der Waals surface area contributed by atoms with Gasteiger partial charge in [0.1, 0.15) is 0 Å². The standard InChI is InChI=1S/C23H30N2O5S2/c1-16-13-17(2)15-25(14-16)32(29,30)22-11-7-20(8-12-22)23(26)24-18(3)19-5-9-21(10-6-19)31(4,27)28/h5-12,16-18H,13-15H2,1-4H3,(H,24,26). The molecule has 1 amide bonds. The number of sulfone groups is 1. The fourth-order valence-electron chi connectivity index (χ4n) is 4.10. The van der Waals surface area contributed by atoms with Crippen LogP contribution < -0.4 is 5.32 Å². The third-order valence-electron chi connectivity index (χ3n) is 5.75. The zero-order valence-electron chi connectivity index (χ0n) is 18.8. The molecule has 1 aliphatic heterocycles. The molecule has 2 aromatic carbocycles. The molecule has 32 heavy (non-hydrogen) atoms. The van der Waals surface area contributed by atoms with Gasteiger partial charge in [-0.05, 0) is 67.1 Å². The summed E-state index contributed by atoms with van der Waals surface area (Å²) in [4.78, 5) is 13.0. The van der Waals surface area contributed by atoms with Crippen LogP contribution in [0.2, 0.25) is 0 Å². The zero-order valence-corrected chi connectivity index (χ0v) is 20.4. The lowest BCUT2D eigenvalue weighted by Gasteiger charge is -2.34. The molecular weight excluding hydrogens is 448 g/mol. The van der Waals surface area contributed by atoms with Crippen LogP contribution in [0, 0.1) is 11.8 Å². The highest BCUT2D eigenvalue weighted by Gasteiger charge is 2.31. The van der Waals surface area contributed by atoms with E-state index in [1.807, 2.05) is 0 Å². The molecule has 0 aliphatic carbocycles. The van der Waals surface area contributed by atoms with Crippen molar-refractivity contribution in [1.82, 2.24) is 9.62 Å². The lowest BCUT2D eigenvalue weighted by atomic mass is 9.94. The second-order valence-electron chi connectivity index (χ2n) is 8.83. The van der Waals surface area contributed by atoms with Crippen molar-refractivity contribution >= 4 is 25.8 Å². The van der Waals surface area contributed by atoms with Gasteiger partial charge in [-0.15, -0.1) is 0 Å². The molecule has 0 bridgehead atoms. The number of benzene rings is 2. The van der Waals surface area contributed by atoms with Gasteiger partial charge in [0.05, 0.1) is 15.8 Å². The van der Waals surface area contributed by atoms with E-state index in [-0.39, 0.29) is 21.7 Å². The number of rotatable bonds is 6. The van der Waals surface area contributed by atoms with E-state index in [0.717, 1.165) is 18.2 Å². The predicted molar refractivity (Wildman–Crippen MR) is 124 cm³/mol. The predicted octanol–water partition coefficient (Wildman–Crippen LogP) is 3.25. The summed E-state index contributed by atoms with van der Waals surface area (Å²) in [5, 5.41) is 2.86. The number of carbonyl (C=O) groups is 1. The molecule has 0 spiro atoms. The van der Waals surface area contributed by atoms with Gasteiger partial charge >= 0.3 is 0 Å². The van der Waals surface area contributed by atoms with Crippen LogP contribution >= 0.6 is 0 Å². The Morgan fingerprint density at radius 2 is 1.41 bits per heavy atom. The monoisotopic (exact) mass is 478 g/mol. The van der Waals surface area contributed by atoms with E-state index < -0.39 is 19.9 Å². The van der Waals surface area contributed by atoms with Crippen molar-refractivity contribution in [2.24, 2.45) is 11.8 Å². The molecule has 3 unspecified atom stereocenters. The van der Waals surface area contributed by atoms with Crippen molar-refractivity contribution in [3.63, 3.8) is 0 Å². The number of piperidine rings is 1. The van der Waals surface area contributed by atoms with Gasteiger partial charge in [0.2, 0.25) is 10.0 Å². The van der Waals surface area contributed by atoms with E-state index in [9.17, 15) is 21.6 Å². The molecular formula is C23H30N2O5S2. The highest BCUT2D eigenvalue weighted by Crippen LogP contribution is 2.27. The Balaban J connectivity index is 1.69. The Hall–Kier alpha value is -2.23. The molecule has 2 aromatic rings. The quantitative estimate of drug-likeness (QED) is 0.687. The van der Waals surface area contributed by atoms with Gasteiger partial charge in [-0.1, -0.05) is 26.0 Å².